The van der Waals surface area contributed by atoms with Crippen molar-refractivity contribution in [3.8, 4) is 0 Å². The van der Waals surface area contributed by atoms with Gasteiger partial charge in [-0.3, -0.25) is 4.79 Å². The number of rotatable bonds is 4. The van der Waals surface area contributed by atoms with Crippen LogP contribution < -0.4 is 4.90 Å². The molecule has 0 aliphatic heterocycles. The molecule has 1 fully saturated rings. The first-order chi connectivity index (χ1) is 9.13. The molecule has 0 bridgehead atoms. The maximum Gasteiger partial charge on any atom is 0.254 e. The molecule has 104 valence electrons. The molecule has 0 aromatic heterocycles. The molecule has 2 rings (SSSR count). The van der Waals surface area contributed by atoms with Crippen LogP contribution in [0.25, 0.3) is 0 Å². The van der Waals surface area contributed by atoms with Crippen molar-refractivity contribution in [3.63, 3.8) is 0 Å². The van der Waals surface area contributed by atoms with Crippen molar-refractivity contribution in [3.05, 3.63) is 29.8 Å². The first-order valence-corrected chi connectivity index (χ1v) is 7.22. The zero-order chi connectivity index (χ0) is 13.8. The van der Waals surface area contributed by atoms with E-state index < -0.39 is 0 Å². The first-order valence-electron chi connectivity index (χ1n) is 7.22. The largest absolute Gasteiger partial charge is 0.378 e. The molecule has 1 aliphatic carbocycles. The number of hydrogen-bond donors (Lipinski definition) is 0. The van der Waals surface area contributed by atoms with Gasteiger partial charge >= 0.3 is 0 Å². The molecule has 3 nitrogen and oxygen atoms in total. The number of anilines is 1. The van der Waals surface area contributed by atoms with Crippen LogP contribution in [0.3, 0.4) is 0 Å². The third-order valence-corrected chi connectivity index (χ3v) is 3.98. The van der Waals surface area contributed by atoms with E-state index in [1.165, 1.54) is 12.8 Å². The molecule has 0 heterocycles. The lowest BCUT2D eigenvalue weighted by Gasteiger charge is -2.28. The number of benzene rings is 1. The van der Waals surface area contributed by atoms with E-state index in [9.17, 15) is 4.79 Å². The molecule has 0 N–H and O–H groups in total. The molecule has 1 saturated carbocycles. The summed E-state index contributed by atoms with van der Waals surface area (Å²) in [5, 5.41) is 0. The molecule has 0 unspecified atom stereocenters. The van der Waals surface area contributed by atoms with Crippen molar-refractivity contribution in [1.82, 2.24) is 4.90 Å². The Hall–Kier alpha value is -1.51. The van der Waals surface area contributed by atoms with Crippen LogP contribution in [0, 0.1) is 0 Å². The van der Waals surface area contributed by atoms with Gasteiger partial charge in [-0.1, -0.05) is 18.9 Å². The van der Waals surface area contributed by atoms with E-state index in [2.05, 4.69) is 6.92 Å². The average Bonchev–Trinajstić information content (AvgIpc) is 2.93. The maximum absolute atomic E-state index is 12.6. The summed E-state index contributed by atoms with van der Waals surface area (Å²) in [5.74, 6) is 0.179. The van der Waals surface area contributed by atoms with Crippen molar-refractivity contribution in [1.29, 1.82) is 0 Å². The maximum atomic E-state index is 12.6. The van der Waals surface area contributed by atoms with Gasteiger partial charge in [0.2, 0.25) is 0 Å². The third-order valence-electron chi connectivity index (χ3n) is 3.98. The summed E-state index contributed by atoms with van der Waals surface area (Å²) in [4.78, 5) is 16.7. The van der Waals surface area contributed by atoms with Gasteiger partial charge in [0.25, 0.3) is 5.91 Å². The Kier molecular flexibility index (Phi) is 4.46. The second-order valence-electron chi connectivity index (χ2n) is 5.47. The van der Waals surface area contributed by atoms with Gasteiger partial charge in [-0.25, -0.2) is 0 Å². The highest BCUT2D eigenvalue weighted by molar-refractivity contribution is 5.95. The molecule has 1 aromatic rings. The van der Waals surface area contributed by atoms with Gasteiger partial charge in [-0.05, 0) is 38.0 Å². The van der Waals surface area contributed by atoms with Crippen LogP contribution in [0.4, 0.5) is 5.69 Å². The smallest absolute Gasteiger partial charge is 0.254 e. The van der Waals surface area contributed by atoms with E-state index in [1.54, 1.807) is 0 Å². The van der Waals surface area contributed by atoms with Crippen LogP contribution >= 0.6 is 0 Å². The lowest BCUT2D eigenvalue weighted by molar-refractivity contribution is 0.0693. The monoisotopic (exact) mass is 260 g/mol. The molecule has 0 spiro atoms. The van der Waals surface area contributed by atoms with Gasteiger partial charge in [0.05, 0.1) is 0 Å². The second kappa shape index (κ2) is 6.09. The topological polar surface area (TPSA) is 23.6 Å². The summed E-state index contributed by atoms with van der Waals surface area (Å²) in [6.45, 7) is 2.88. The normalized spacial score (nSPS) is 15.5. The SMILES string of the molecule is CCN(C(=O)c1cccc(N(C)C)c1)C1CCCC1. The third kappa shape index (κ3) is 3.09. The summed E-state index contributed by atoms with van der Waals surface area (Å²) >= 11 is 0. The highest BCUT2D eigenvalue weighted by Gasteiger charge is 2.26. The lowest BCUT2D eigenvalue weighted by atomic mass is 10.1. The highest BCUT2D eigenvalue weighted by Crippen LogP contribution is 2.25. The van der Waals surface area contributed by atoms with E-state index in [0.717, 1.165) is 30.6 Å². The fourth-order valence-electron chi connectivity index (χ4n) is 2.87. The number of carbonyl (C=O) groups is 1. The van der Waals surface area contributed by atoms with Gasteiger partial charge in [-0.2, -0.15) is 0 Å². The van der Waals surface area contributed by atoms with Gasteiger partial charge in [-0.15, -0.1) is 0 Å². The Bertz CT molecular complexity index is 436. The average molecular weight is 260 g/mol. The summed E-state index contributed by atoms with van der Waals surface area (Å²) in [7, 11) is 4.00. The fourth-order valence-corrected chi connectivity index (χ4v) is 2.87. The molecule has 1 amide bonds. The molecule has 19 heavy (non-hydrogen) atoms. The number of amides is 1. The van der Waals surface area contributed by atoms with E-state index in [0.29, 0.717) is 6.04 Å². The van der Waals surface area contributed by atoms with Crippen LogP contribution in [0.5, 0.6) is 0 Å². The molecule has 0 atom stereocenters. The van der Waals surface area contributed by atoms with Crippen molar-refractivity contribution in [2.45, 2.75) is 38.6 Å². The number of hydrogen-bond acceptors (Lipinski definition) is 2. The number of carbonyl (C=O) groups excluding carboxylic acids is 1. The molecule has 1 aromatic carbocycles. The Morgan fingerprint density at radius 1 is 1.26 bits per heavy atom. The minimum absolute atomic E-state index is 0.179. The van der Waals surface area contributed by atoms with E-state index in [1.807, 2.05) is 48.2 Å². The van der Waals surface area contributed by atoms with Crippen LogP contribution in [0.2, 0.25) is 0 Å². The second-order valence-corrected chi connectivity index (χ2v) is 5.47. The Balaban J connectivity index is 2.19. The first kappa shape index (κ1) is 13.9. The van der Waals surface area contributed by atoms with E-state index in [-0.39, 0.29) is 5.91 Å². The van der Waals surface area contributed by atoms with Crippen LogP contribution in [0.1, 0.15) is 43.0 Å². The zero-order valence-corrected chi connectivity index (χ0v) is 12.2. The van der Waals surface area contributed by atoms with Crippen molar-refractivity contribution < 1.29 is 4.79 Å². The van der Waals surface area contributed by atoms with Crippen molar-refractivity contribution >= 4 is 11.6 Å². The standard InChI is InChI=1S/C16H24N2O/c1-4-18(14-9-5-6-10-14)16(19)13-8-7-11-15(12-13)17(2)3/h7-8,11-12,14H,4-6,9-10H2,1-3H3. The highest BCUT2D eigenvalue weighted by atomic mass is 16.2. The Labute approximate surface area is 116 Å². The molecule has 0 radical (unpaired) electrons. The Morgan fingerprint density at radius 3 is 2.53 bits per heavy atom. The van der Waals surface area contributed by atoms with Crippen LogP contribution in [-0.4, -0.2) is 37.5 Å². The minimum atomic E-state index is 0.179. The summed E-state index contributed by atoms with van der Waals surface area (Å²) in [6, 6.07) is 8.35. The van der Waals surface area contributed by atoms with Gasteiger partial charge in [0.15, 0.2) is 0 Å². The lowest BCUT2D eigenvalue weighted by Crippen LogP contribution is -2.38. The quantitative estimate of drug-likeness (QED) is 0.830. The fraction of sp³-hybridized carbons (Fsp3) is 0.562. The number of nitrogens with zero attached hydrogens (tertiary/aromatic N) is 2. The van der Waals surface area contributed by atoms with Crippen molar-refractivity contribution in [2.75, 3.05) is 25.5 Å². The molecular formula is C16H24N2O. The predicted molar refractivity (Wildman–Crippen MR) is 79.7 cm³/mol. The van der Waals surface area contributed by atoms with Gasteiger partial charge < -0.3 is 9.80 Å². The zero-order valence-electron chi connectivity index (χ0n) is 12.2. The van der Waals surface area contributed by atoms with E-state index >= 15 is 0 Å². The summed E-state index contributed by atoms with van der Waals surface area (Å²) in [5.41, 5.74) is 1.88. The predicted octanol–water partition coefficient (Wildman–Crippen LogP) is 3.16. The molecule has 3 heteroatoms. The van der Waals surface area contributed by atoms with E-state index in [4.69, 9.17) is 0 Å². The molecule has 1 aliphatic rings. The van der Waals surface area contributed by atoms with Gasteiger partial charge in [0, 0.05) is 37.9 Å². The Morgan fingerprint density at radius 2 is 1.95 bits per heavy atom. The summed E-state index contributed by atoms with van der Waals surface area (Å²) in [6.07, 6.45) is 4.83. The van der Waals surface area contributed by atoms with Crippen LogP contribution in [0.15, 0.2) is 24.3 Å². The molecule has 0 saturated heterocycles. The van der Waals surface area contributed by atoms with Crippen LogP contribution in [-0.2, 0) is 0 Å². The van der Waals surface area contributed by atoms with Gasteiger partial charge in [0.1, 0.15) is 0 Å². The minimum Gasteiger partial charge on any atom is -0.378 e. The summed E-state index contributed by atoms with van der Waals surface area (Å²) < 4.78 is 0. The molecular weight excluding hydrogens is 236 g/mol. The van der Waals surface area contributed by atoms with Crippen molar-refractivity contribution in [2.24, 2.45) is 0 Å².